The molecular weight excluding hydrogens is 210 g/mol. The normalized spacial score (nSPS) is 13.2. The SMILES string of the molecule is Cc1ccc(C(=O)C(C)N(C)C(C)C)cc1C. The van der Waals surface area contributed by atoms with Gasteiger partial charge < -0.3 is 0 Å². The zero-order valence-corrected chi connectivity index (χ0v) is 11.7. The molecule has 0 aliphatic rings. The summed E-state index contributed by atoms with van der Waals surface area (Å²) < 4.78 is 0. The van der Waals surface area contributed by atoms with Gasteiger partial charge in [-0.25, -0.2) is 0 Å². The van der Waals surface area contributed by atoms with E-state index in [1.165, 1.54) is 11.1 Å². The minimum atomic E-state index is -0.0721. The lowest BCUT2D eigenvalue weighted by Gasteiger charge is -2.27. The molecule has 0 amide bonds. The van der Waals surface area contributed by atoms with Crippen molar-refractivity contribution in [3.63, 3.8) is 0 Å². The van der Waals surface area contributed by atoms with Gasteiger partial charge in [0.15, 0.2) is 5.78 Å². The Hall–Kier alpha value is -1.15. The van der Waals surface area contributed by atoms with Crippen molar-refractivity contribution in [1.82, 2.24) is 4.90 Å². The van der Waals surface area contributed by atoms with Gasteiger partial charge in [-0.15, -0.1) is 0 Å². The van der Waals surface area contributed by atoms with Crippen LogP contribution < -0.4 is 0 Å². The molecule has 0 radical (unpaired) electrons. The average Bonchev–Trinajstić information content (AvgIpc) is 2.29. The van der Waals surface area contributed by atoms with Crippen LogP contribution in [0.15, 0.2) is 18.2 Å². The van der Waals surface area contributed by atoms with E-state index < -0.39 is 0 Å². The van der Waals surface area contributed by atoms with E-state index in [9.17, 15) is 4.79 Å². The number of rotatable bonds is 4. The summed E-state index contributed by atoms with van der Waals surface area (Å²) in [4.78, 5) is 14.4. The molecule has 0 heterocycles. The summed E-state index contributed by atoms with van der Waals surface area (Å²) in [6, 6.07) is 6.24. The van der Waals surface area contributed by atoms with E-state index in [-0.39, 0.29) is 11.8 Å². The summed E-state index contributed by atoms with van der Waals surface area (Å²) in [6.07, 6.45) is 0. The molecular formula is C15H23NO. The summed E-state index contributed by atoms with van der Waals surface area (Å²) in [5.41, 5.74) is 3.22. The number of hydrogen-bond acceptors (Lipinski definition) is 2. The van der Waals surface area contributed by atoms with Crippen LogP contribution in [0, 0.1) is 13.8 Å². The number of carbonyl (C=O) groups excluding carboxylic acids is 1. The number of aryl methyl sites for hydroxylation is 2. The van der Waals surface area contributed by atoms with Gasteiger partial charge in [-0.1, -0.05) is 12.1 Å². The number of benzene rings is 1. The Balaban J connectivity index is 2.92. The maximum absolute atomic E-state index is 12.3. The summed E-state index contributed by atoms with van der Waals surface area (Å²) in [5, 5.41) is 0. The smallest absolute Gasteiger partial charge is 0.179 e. The molecule has 0 bridgehead atoms. The van der Waals surface area contributed by atoms with Crippen molar-refractivity contribution >= 4 is 5.78 Å². The minimum Gasteiger partial charge on any atom is -0.294 e. The fourth-order valence-electron chi connectivity index (χ4n) is 1.77. The first-order valence-corrected chi connectivity index (χ1v) is 6.18. The first kappa shape index (κ1) is 13.9. The zero-order valence-electron chi connectivity index (χ0n) is 11.7. The second-order valence-corrected chi connectivity index (χ2v) is 5.10. The predicted octanol–water partition coefficient (Wildman–Crippen LogP) is 3.21. The highest BCUT2D eigenvalue weighted by Gasteiger charge is 2.21. The van der Waals surface area contributed by atoms with Crippen molar-refractivity contribution in [2.45, 2.75) is 46.7 Å². The monoisotopic (exact) mass is 233 g/mol. The maximum Gasteiger partial charge on any atom is 0.179 e. The Morgan fingerprint density at radius 3 is 2.18 bits per heavy atom. The molecule has 1 aromatic rings. The summed E-state index contributed by atoms with van der Waals surface area (Å²) in [6.45, 7) is 10.3. The molecule has 17 heavy (non-hydrogen) atoms. The first-order valence-electron chi connectivity index (χ1n) is 6.18. The molecule has 0 aliphatic carbocycles. The molecule has 94 valence electrons. The van der Waals surface area contributed by atoms with Crippen LogP contribution in [0.25, 0.3) is 0 Å². The van der Waals surface area contributed by atoms with Crippen molar-refractivity contribution < 1.29 is 4.79 Å². The van der Waals surface area contributed by atoms with Crippen molar-refractivity contribution in [3.8, 4) is 0 Å². The highest BCUT2D eigenvalue weighted by molar-refractivity contribution is 6.00. The lowest BCUT2D eigenvalue weighted by molar-refractivity contribution is 0.0836. The lowest BCUT2D eigenvalue weighted by atomic mass is 9.99. The molecule has 0 saturated carbocycles. The van der Waals surface area contributed by atoms with Gasteiger partial charge in [-0.3, -0.25) is 9.69 Å². The number of nitrogens with zero attached hydrogens (tertiary/aromatic N) is 1. The molecule has 0 saturated heterocycles. The Kier molecular flexibility index (Phi) is 4.47. The predicted molar refractivity (Wildman–Crippen MR) is 72.6 cm³/mol. The van der Waals surface area contributed by atoms with Crippen molar-refractivity contribution in [1.29, 1.82) is 0 Å². The molecule has 1 aromatic carbocycles. The second-order valence-electron chi connectivity index (χ2n) is 5.10. The molecule has 2 nitrogen and oxygen atoms in total. The highest BCUT2D eigenvalue weighted by atomic mass is 16.1. The van der Waals surface area contributed by atoms with Crippen LogP contribution in [0.1, 0.15) is 42.3 Å². The highest BCUT2D eigenvalue weighted by Crippen LogP contribution is 2.14. The third kappa shape index (κ3) is 3.16. The van der Waals surface area contributed by atoms with E-state index in [0.29, 0.717) is 6.04 Å². The standard InChI is InChI=1S/C15H23NO/c1-10(2)16(6)13(5)15(17)14-8-7-11(3)12(4)9-14/h7-10,13H,1-6H3. The molecule has 0 fully saturated rings. The molecule has 2 heteroatoms. The van der Waals surface area contributed by atoms with E-state index >= 15 is 0 Å². The lowest BCUT2D eigenvalue weighted by Crippen LogP contribution is -2.40. The van der Waals surface area contributed by atoms with Gasteiger partial charge >= 0.3 is 0 Å². The number of ketones is 1. The van der Waals surface area contributed by atoms with Gasteiger partial charge in [0.05, 0.1) is 6.04 Å². The van der Waals surface area contributed by atoms with Crippen molar-refractivity contribution in [2.24, 2.45) is 0 Å². The Bertz CT molecular complexity index is 409. The Labute approximate surface area is 105 Å². The summed E-state index contributed by atoms with van der Waals surface area (Å²) in [5.74, 6) is 0.198. The second kappa shape index (κ2) is 5.46. The van der Waals surface area contributed by atoms with Gasteiger partial charge in [0, 0.05) is 11.6 Å². The fourth-order valence-corrected chi connectivity index (χ4v) is 1.77. The van der Waals surface area contributed by atoms with Crippen LogP contribution in [0.4, 0.5) is 0 Å². The maximum atomic E-state index is 12.3. The van der Waals surface area contributed by atoms with E-state index in [1.807, 2.05) is 39.1 Å². The molecule has 1 rings (SSSR count). The van der Waals surface area contributed by atoms with E-state index in [4.69, 9.17) is 0 Å². The van der Waals surface area contributed by atoms with Crippen molar-refractivity contribution in [2.75, 3.05) is 7.05 Å². The topological polar surface area (TPSA) is 20.3 Å². The largest absolute Gasteiger partial charge is 0.294 e. The Morgan fingerprint density at radius 1 is 1.12 bits per heavy atom. The Morgan fingerprint density at radius 2 is 1.71 bits per heavy atom. The first-order chi connectivity index (χ1) is 7.84. The van der Waals surface area contributed by atoms with Crippen LogP contribution >= 0.6 is 0 Å². The molecule has 1 unspecified atom stereocenters. The number of hydrogen-bond donors (Lipinski definition) is 0. The van der Waals surface area contributed by atoms with E-state index in [1.54, 1.807) is 0 Å². The number of carbonyl (C=O) groups is 1. The van der Waals surface area contributed by atoms with E-state index in [2.05, 4.69) is 25.7 Å². The van der Waals surface area contributed by atoms with Gasteiger partial charge in [0.25, 0.3) is 0 Å². The molecule has 0 spiro atoms. The van der Waals surface area contributed by atoms with Crippen molar-refractivity contribution in [3.05, 3.63) is 34.9 Å². The van der Waals surface area contributed by atoms with Crippen LogP contribution in [0.2, 0.25) is 0 Å². The number of Topliss-reactive ketones (excluding diaryl/α,β-unsaturated/α-hetero) is 1. The third-order valence-corrected chi connectivity index (χ3v) is 3.60. The molecule has 0 aromatic heterocycles. The van der Waals surface area contributed by atoms with Crippen LogP contribution in [0.3, 0.4) is 0 Å². The third-order valence-electron chi connectivity index (χ3n) is 3.60. The van der Waals surface area contributed by atoms with E-state index in [0.717, 1.165) is 5.56 Å². The van der Waals surface area contributed by atoms with Crippen LogP contribution in [0.5, 0.6) is 0 Å². The molecule has 0 N–H and O–H groups in total. The molecule has 0 aliphatic heterocycles. The van der Waals surface area contributed by atoms with Crippen LogP contribution in [-0.2, 0) is 0 Å². The van der Waals surface area contributed by atoms with Gasteiger partial charge in [0.2, 0.25) is 0 Å². The zero-order chi connectivity index (χ0) is 13.2. The quantitative estimate of drug-likeness (QED) is 0.744. The summed E-state index contributed by atoms with van der Waals surface area (Å²) >= 11 is 0. The van der Waals surface area contributed by atoms with Gasteiger partial charge in [0.1, 0.15) is 0 Å². The fraction of sp³-hybridized carbons (Fsp3) is 0.533. The minimum absolute atomic E-state index is 0.0721. The van der Waals surface area contributed by atoms with Crippen LogP contribution in [-0.4, -0.2) is 29.8 Å². The molecule has 1 atom stereocenters. The summed E-state index contributed by atoms with van der Waals surface area (Å²) in [7, 11) is 1.99. The van der Waals surface area contributed by atoms with Gasteiger partial charge in [-0.05, 0) is 58.9 Å². The average molecular weight is 233 g/mol. The van der Waals surface area contributed by atoms with Gasteiger partial charge in [-0.2, -0.15) is 0 Å². The number of likely N-dealkylation sites (N-methyl/N-ethyl adjacent to an activating group) is 1.